The largest absolute Gasteiger partial charge is 0.466 e. The Morgan fingerprint density at radius 1 is 1.11 bits per heavy atom. The Labute approximate surface area is 228 Å². The molecule has 0 aromatic rings. The molecule has 0 saturated heterocycles. The number of ether oxygens (including phenoxy) is 2. The summed E-state index contributed by atoms with van der Waals surface area (Å²) in [5.41, 5.74) is 1.99. The molecule has 0 aliphatic heterocycles. The monoisotopic (exact) mass is 528 g/mol. The van der Waals surface area contributed by atoms with Crippen molar-refractivity contribution in [2.45, 2.75) is 112 Å². The zero-order valence-electron chi connectivity index (χ0n) is 24.7. The number of methoxy groups -OCH3 is 1. The van der Waals surface area contributed by atoms with Crippen molar-refractivity contribution in [2.24, 2.45) is 39.9 Å². The first kappa shape index (κ1) is 29.0. The second-order valence-electron chi connectivity index (χ2n) is 13.6. The summed E-state index contributed by atoms with van der Waals surface area (Å²) in [6, 6.07) is 0. The third-order valence-electron chi connectivity index (χ3n) is 11.5. The van der Waals surface area contributed by atoms with E-state index in [0.717, 1.165) is 24.8 Å². The van der Waals surface area contributed by atoms with Crippen LogP contribution in [0.4, 0.5) is 0 Å². The summed E-state index contributed by atoms with van der Waals surface area (Å²) < 4.78 is 11.2. The molecule has 6 heteroatoms. The minimum absolute atomic E-state index is 0.0184. The average Bonchev–Trinajstić information content (AvgIpc) is 3.10. The molecule has 9 atom stereocenters. The minimum Gasteiger partial charge on any atom is -0.466 e. The summed E-state index contributed by atoms with van der Waals surface area (Å²) in [5.74, 6) is -0.148. The van der Waals surface area contributed by atoms with E-state index in [2.05, 4.69) is 33.8 Å². The number of carbonyl (C=O) groups is 3. The third kappa shape index (κ3) is 4.39. The average molecular weight is 529 g/mol. The highest BCUT2D eigenvalue weighted by atomic mass is 16.5. The first-order valence-electron chi connectivity index (χ1n) is 14.5. The number of rotatable bonds is 5. The van der Waals surface area contributed by atoms with Crippen LogP contribution in [0.3, 0.4) is 0 Å². The van der Waals surface area contributed by atoms with E-state index in [1.807, 2.05) is 13.8 Å². The van der Waals surface area contributed by atoms with Crippen molar-refractivity contribution < 1.29 is 29.0 Å². The van der Waals surface area contributed by atoms with Gasteiger partial charge in [-0.3, -0.25) is 9.59 Å². The number of allylic oxidation sites excluding steroid dienone is 2. The molecule has 4 rings (SSSR count). The standard InChI is InChI=1S/C32H48O6/c1-18(2)10-9-11-21(29(36)37-8)27-23-16-25(35)28-30(5)14-13-24(34)19(3)22(30)12-15-31(28,6)32(23,7)17-26(27)38-20(4)33/h10,19,22-23,25-26,28,35H,9,11-17H2,1-8H3/b27-21-/t19-,22-,23-,25+,26-,28-,30-,31-,32-/m0/s1. The van der Waals surface area contributed by atoms with Crippen LogP contribution < -0.4 is 0 Å². The fourth-order valence-electron chi connectivity index (χ4n) is 9.71. The van der Waals surface area contributed by atoms with Crippen LogP contribution in [0, 0.1) is 39.9 Å². The zero-order valence-corrected chi connectivity index (χ0v) is 24.7. The van der Waals surface area contributed by atoms with E-state index >= 15 is 0 Å². The molecule has 6 nitrogen and oxygen atoms in total. The maximum absolute atomic E-state index is 13.2. The molecule has 0 aromatic carbocycles. The van der Waals surface area contributed by atoms with Crippen LogP contribution in [0.15, 0.2) is 22.8 Å². The summed E-state index contributed by atoms with van der Waals surface area (Å²) in [5, 5.41) is 12.0. The fraction of sp³-hybridized carbons (Fsp3) is 0.781. The molecule has 0 spiro atoms. The molecule has 0 aromatic heterocycles. The van der Waals surface area contributed by atoms with Gasteiger partial charge in [0, 0.05) is 24.8 Å². The van der Waals surface area contributed by atoms with Gasteiger partial charge in [0.1, 0.15) is 11.9 Å². The van der Waals surface area contributed by atoms with Gasteiger partial charge in [-0.2, -0.15) is 0 Å². The number of Topliss-reactive ketones (excluding diaryl/α,β-unsaturated/α-hetero) is 1. The number of fused-ring (bicyclic) bond motifs is 5. The predicted octanol–water partition coefficient (Wildman–Crippen LogP) is 5.96. The van der Waals surface area contributed by atoms with Gasteiger partial charge < -0.3 is 14.6 Å². The number of carbonyl (C=O) groups excluding carboxylic acids is 3. The second-order valence-corrected chi connectivity index (χ2v) is 13.6. The zero-order chi connectivity index (χ0) is 28.2. The second kappa shape index (κ2) is 10.2. The van der Waals surface area contributed by atoms with Crippen LogP contribution in [0.5, 0.6) is 0 Å². The Morgan fingerprint density at radius 3 is 2.39 bits per heavy atom. The topological polar surface area (TPSA) is 89.9 Å². The van der Waals surface area contributed by atoms with Gasteiger partial charge in [-0.25, -0.2) is 4.79 Å². The Morgan fingerprint density at radius 2 is 1.79 bits per heavy atom. The minimum atomic E-state index is -0.561. The molecule has 0 unspecified atom stereocenters. The molecule has 4 aliphatic carbocycles. The Kier molecular flexibility index (Phi) is 7.81. The molecule has 4 fully saturated rings. The highest BCUT2D eigenvalue weighted by Crippen LogP contribution is 2.74. The van der Waals surface area contributed by atoms with E-state index in [1.54, 1.807) is 0 Å². The Bertz CT molecular complexity index is 1050. The van der Waals surface area contributed by atoms with Gasteiger partial charge in [0.25, 0.3) is 0 Å². The molecule has 0 heterocycles. The van der Waals surface area contributed by atoms with E-state index in [9.17, 15) is 19.5 Å². The quantitative estimate of drug-likeness (QED) is 0.269. The fourth-order valence-corrected chi connectivity index (χ4v) is 9.71. The molecular formula is C32H48O6. The first-order valence-corrected chi connectivity index (χ1v) is 14.5. The molecule has 4 aliphatic rings. The Balaban J connectivity index is 1.84. The van der Waals surface area contributed by atoms with Gasteiger partial charge in [-0.1, -0.05) is 39.3 Å². The highest BCUT2D eigenvalue weighted by Gasteiger charge is 2.70. The molecular weight excluding hydrogens is 480 g/mol. The van der Waals surface area contributed by atoms with Crippen molar-refractivity contribution in [3.05, 3.63) is 22.8 Å². The molecule has 1 N–H and O–H groups in total. The normalized spacial score (nSPS) is 43.3. The lowest BCUT2D eigenvalue weighted by Gasteiger charge is -2.68. The number of esters is 2. The third-order valence-corrected chi connectivity index (χ3v) is 11.5. The van der Waals surface area contributed by atoms with E-state index in [4.69, 9.17) is 9.47 Å². The molecule has 4 saturated carbocycles. The van der Waals surface area contributed by atoms with Gasteiger partial charge in [0.2, 0.25) is 0 Å². The molecule has 38 heavy (non-hydrogen) atoms. The predicted molar refractivity (Wildman–Crippen MR) is 146 cm³/mol. The van der Waals surface area contributed by atoms with Crippen molar-refractivity contribution in [1.29, 1.82) is 0 Å². The van der Waals surface area contributed by atoms with E-state index < -0.39 is 12.2 Å². The summed E-state index contributed by atoms with van der Waals surface area (Å²) in [6.45, 7) is 14.5. The molecule has 0 amide bonds. The number of aliphatic hydroxyl groups is 1. The van der Waals surface area contributed by atoms with Crippen molar-refractivity contribution in [3.8, 4) is 0 Å². The van der Waals surface area contributed by atoms with Gasteiger partial charge in [-0.05, 0) is 98.4 Å². The van der Waals surface area contributed by atoms with Crippen LogP contribution in [-0.4, -0.2) is 42.1 Å². The van der Waals surface area contributed by atoms with Crippen molar-refractivity contribution >= 4 is 17.7 Å². The van der Waals surface area contributed by atoms with Crippen LogP contribution in [0.25, 0.3) is 0 Å². The van der Waals surface area contributed by atoms with E-state index in [0.29, 0.717) is 43.5 Å². The highest BCUT2D eigenvalue weighted by molar-refractivity contribution is 5.90. The van der Waals surface area contributed by atoms with Gasteiger partial charge in [0.05, 0.1) is 13.2 Å². The summed E-state index contributed by atoms with van der Waals surface area (Å²) in [4.78, 5) is 38.2. The lowest BCUT2D eigenvalue weighted by molar-refractivity contribution is -0.223. The van der Waals surface area contributed by atoms with Gasteiger partial charge >= 0.3 is 11.9 Å². The first-order chi connectivity index (χ1) is 17.7. The number of aliphatic hydroxyl groups excluding tert-OH is 1. The number of hydrogen-bond donors (Lipinski definition) is 1. The summed E-state index contributed by atoms with van der Waals surface area (Å²) in [6.07, 6.45) is 6.64. The van der Waals surface area contributed by atoms with Crippen LogP contribution >= 0.6 is 0 Å². The van der Waals surface area contributed by atoms with E-state index in [-0.39, 0.29) is 51.9 Å². The Hall–Kier alpha value is -1.95. The molecule has 212 valence electrons. The van der Waals surface area contributed by atoms with Crippen LogP contribution in [0.1, 0.15) is 99.8 Å². The van der Waals surface area contributed by atoms with Crippen molar-refractivity contribution in [1.82, 2.24) is 0 Å². The summed E-state index contributed by atoms with van der Waals surface area (Å²) in [7, 11) is 1.40. The maximum atomic E-state index is 13.2. The van der Waals surface area contributed by atoms with Gasteiger partial charge in [0.15, 0.2) is 0 Å². The molecule has 0 radical (unpaired) electrons. The SMILES string of the molecule is COC(=O)/C(CCC=C(C)C)=C1\[C@@H](OC(C)=O)C[C@@]2(C)[C@H]1C[C@@H](O)[C@H]1[C@@]3(C)CCC(=O)[C@@H](C)[C@@H]3CC[C@@]12C. The lowest BCUT2D eigenvalue weighted by atomic mass is 9.36. The molecule has 0 bridgehead atoms. The van der Waals surface area contributed by atoms with Crippen LogP contribution in [-0.2, 0) is 23.9 Å². The smallest absolute Gasteiger partial charge is 0.333 e. The van der Waals surface area contributed by atoms with Crippen LogP contribution in [0.2, 0.25) is 0 Å². The van der Waals surface area contributed by atoms with Gasteiger partial charge in [-0.15, -0.1) is 0 Å². The number of hydrogen-bond acceptors (Lipinski definition) is 6. The van der Waals surface area contributed by atoms with Crippen molar-refractivity contribution in [2.75, 3.05) is 7.11 Å². The number of ketones is 1. The van der Waals surface area contributed by atoms with Crippen molar-refractivity contribution in [3.63, 3.8) is 0 Å². The summed E-state index contributed by atoms with van der Waals surface area (Å²) >= 11 is 0. The van der Waals surface area contributed by atoms with E-state index in [1.165, 1.54) is 19.6 Å². The maximum Gasteiger partial charge on any atom is 0.333 e. The lowest BCUT2D eigenvalue weighted by Crippen LogP contribution is -2.65.